The minimum Gasteiger partial charge on any atom is -0.314 e. The number of nitrogens with zero attached hydrogens (tertiary/aromatic N) is 3. The summed E-state index contributed by atoms with van der Waals surface area (Å²) in [6.07, 6.45) is 2.67. The summed E-state index contributed by atoms with van der Waals surface area (Å²) >= 11 is 0. The maximum Gasteiger partial charge on any atom is 0.262 e. The number of benzene rings is 2. The highest BCUT2D eigenvalue weighted by atomic mass is 16.2. The number of nitrogens with one attached hydrogen (secondary N) is 2. The van der Waals surface area contributed by atoms with Gasteiger partial charge in [-0.15, -0.1) is 0 Å². The molecule has 9 heteroatoms. The van der Waals surface area contributed by atoms with Crippen LogP contribution in [0.5, 0.6) is 0 Å². The van der Waals surface area contributed by atoms with Gasteiger partial charge in [0.1, 0.15) is 6.04 Å². The fourth-order valence-corrected chi connectivity index (χ4v) is 6.44. The number of rotatable bonds is 6. The minimum absolute atomic E-state index is 0.103. The first-order chi connectivity index (χ1) is 19.0. The summed E-state index contributed by atoms with van der Waals surface area (Å²) in [6.45, 7) is 8.69. The van der Waals surface area contributed by atoms with Gasteiger partial charge in [0.2, 0.25) is 11.8 Å². The number of amides is 4. The summed E-state index contributed by atoms with van der Waals surface area (Å²) in [7, 11) is 0. The van der Waals surface area contributed by atoms with Crippen molar-refractivity contribution in [1.29, 1.82) is 0 Å². The van der Waals surface area contributed by atoms with Gasteiger partial charge < -0.3 is 10.2 Å². The Morgan fingerprint density at radius 2 is 1.54 bits per heavy atom. The van der Waals surface area contributed by atoms with E-state index in [2.05, 4.69) is 32.6 Å². The zero-order valence-corrected chi connectivity index (χ0v) is 22.2. The monoisotopic (exact) mass is 529 g/mol. The summed E-state index contributed by atoms with van der Waals surface area (Å²) < 4.78 is 0. The molecule has 4 aliphatic heterocycles. The van der Waals surface area contributed by atoms with E-state index < -0.39 is 23.8 Å². The number of piperazine rings is 1. The van der Waals surface area contributed by atoms with Crippen LogP contribution in [-0.2, 0) is 16.1 Å². The lowest BCUT2D eigenvalue weighted by atomic mass is 9.94. The van der Waals surface area contributed by atoms with Gasteiger partial charge in [0, 0.05) is 45.7 Å². The van der Waals surface area contributed by atoms with E-state index in [9.17, 15) is 19.2 Å². The van der Waals surface area contributed by atoms with Crippen molar-refractivity contribution < 1.29 is 19.2 Å². The van der Waals surface area contributed by atoms with Crippen molar-refractivity contribution >= 4 is 23.6 Å². The van der Waals surface area contributed by atoms with Gasteiger partial charge >= 0.3 is 0 Å². The molecule has 204 valence electrons. The SMILES string of the molecule is O=C1CCC(N2C(=O)c3cccc(-c4cccc(CN5CCC(CN6CCNCC6)CC5)c4)c3C2=O)C(=O)N1. The van der Waals surface area contributed by atoms with Crippen molar-refractivity contribution in [2.75, 3.05) is 45.8 Å². The van der Waals surface area contributed by atoms with E-state index in [1.165, 1.54) is 24.9 Å². The first kappa shape index (κ1) is 25.9. The average molecular weight is 530 g/mol. The molecule has 2 aromatic carbocycles. The Hall–Kier alpha value is -3.40. The largest absolute Gasteiger partial charge is 0.314 e. The van der Waals surface area contributed by atoms with E-state index in [-0.39, 0.29) is 18.7 Å². The molecule has 3 fully saturated rings. The van der Waals surface area contributed by atoms with E-state index in [0.717, 1.165) is 62.2 Å². The molecule has 4 amide bonds. The second kappa shape index (κ2) is 11.0. The topological polar surface area (TPSA) is 102 Å². The van der Waals surface area contributed by atoms with Gasteiger partial charge in [-0.2, -0.15) is 0 Å². The number of fused-ring (bicyclic) bond motifs is 1. The van der Waals surface area contributed by atoms with Gasteiger partial charge in [-0.1, -0.05) is 30.3 Å². The predicted octanol–water partition coefficient (Wildman–Crippen LogP) is 1.87. The molecule has 0 spiro atoms. The zero-order chi connectivity index (χ0) is 26.9. The van der Waals surface area contributed by atoms with Crippen molar-refractivity contribution in [2.45, 2.75) is 38.3 Å². The zero-order valence-electron chi connectivity index (χ0n) is 22.2. The number of imide groups is 2. The average Bonchev–Trinajstić information content (AvgIpc) is 3.20. The highest BCUT2D eigenvalue weighted by molar-refractivity contribution is 6.25. The molecule has 3 saturated heterocycles. The lowest BCUT2D eigenvalue weighted by molar-refractivity contribution is -0.136. The molecule has 4 heterocycles. The number of piperidine rings is 2. The Balaban J connectivity index is 1.15. The lowest BCUT2D eigenvalue weighted by Crippen LogP contribution is -2.54. The number of carbonyl (C=O) groups excluding carboxylic acids is 4. The molecule has 0 aromatic heterocycles. The van der Waals surface area contributed by atoms with Crippen molar-refractivity contribution in [1.82, 2.24) is 25.3 Å². The van der Waals surface area contributed by atoms with E-state index in [1.54, 1.807) is 12.1 Å². The predicted molar refractivity (Wildman–Crippen MR) is 146 cm³/mol. The molecule has 1 unspecified atom stereocenters. The summed E-state index contributed by atoms with van der Waals surface area (Å²) in [6, 6.07) is 12.5. The maximum absolute atomic E-state index is 13.5. The molecule has 0 radical (unpaired) electrons. The minimum atomic E-state index is -0.969. The quantitative estimate of drug-likeness (QED) is 0.551. The Labute approximate surface area is 228 Å². The van der Waals surface area contributed by atoms with Crippen LogP contribution < -0.4 is 10.6 Å². The molecule has 9 nitrogen and oxygen atoms in total. The highest BCUT2D eigenvalue weighted by Crippen LogP contribution is 2.35. The van der Waals surface area contributed by atoms with E-state index in [0.29, 0.717) is 16.7 Å². The Kier molecular flexibility index (Phi) is 7.29. The van der Waals surface area contributed by atoms with E-state index in [4.69, 9.17) is 0 Å². The molecule has 1 atom stereocenters. The summed E-state index contributed by atoms with van der Waals surface area (Å²) in [4.78, 5) is 56.9. The third-order valence-corrected chi connectivity index (χ3v) is 8.55. The number of hydrogen-bond donors (Lipinski definition) is 2. The molecule has 0 saturated carbocycles. The van der Waals surface area contributed by atoms with Crippen LogP contribution in [-0.4, -0.2) is 90.2 Å². The van der Waals surface area contributed by atoms with Gasteiger partial charge in [0.05, 0.1) is 11.1 Å². The van der Waals surface area contributed by atoms with Crippen LogP contribution in [0.3, 0.4) is 0 Å². The molecule has 39 heavy (non-hydrogen) atoms. The van der Waals surface area contributed by atoms with E-state index in [1.807, 2.05) is 18.2 Å². The van der Waals surface area contributed by atoms with Gasteiger partial charge in [-0.3, -0.25) is 34.3 Å². The first-order valence-electron chi connectivity index (χ1n) is 14.1. The highest BCUT2D eigenvalue weighted by Gasteiger charge is 2.45. The second-order valence-corrected chi connectivity index (χ2v) is 11.1. The van der Waals surface area contributed by atoms with Gasteiger partial charge in [0.25, 0.3) is 11.8 Å². The van der Waals surface area contributed by atoms with Crippen molar-refractivity contribution in [3.8, 4) is 11.1 Å². The standard InChI is InChI=1S/C30H35N5O4/c36-26-8-7-25(28(37)32-26)35-29(38)24-6-2-5-23(27(24)30(35)39)22-4-1-3-21(17-22)19-33-13-9-20(10-14-33)18-34-15-11-31-12-16-34/h1-6,17,20,25,31H,7-16,18-19H2,(H,32,36,37). The number of likely N-dealkylation sites (tertiary alicyclic amines) is 1. The molecular formula is C30H35N5O4. The maximum atomic E-state index is 13.5. The van der Waals surface area contributed by atoms with Gasteiger partial charge in [-0.05, 0) is 67.1 Å². The number of carbonyl (C=O) groups is 4. The van der Waals surface area contributed by atoms with E-state index >= 15 is 0 Å². The van der Waals surface area contributed by atoms with Crippen LogP contribution in [0, 0.1) is 5.92 Å². The summed E-state index contributed by atoms with van der Waals surface area (Å²) in [5.74, 6) is -1.17. The fourth-order valence-electron chi connectivity index (χ4n) is 6.44. The van der Waals surface area contributed by atoms with Crippen molar-refractivity contribution in [2.24, 2.45) is 5.92 Å². The third kappa shape index (κ3) is 5.26. The van der Waals surface area contributed by atoms with Crippen LogP contribution in [0.2, 0.25) is 0 Å². The fraction of sp³-hybridized carbons (Fsp3) is 0.467. The Morgan fingerprint density at radius 3 is 2.31 bits per heavy atom. The van der Waals surface area contributed by atoms with Crippen LogP contribution in [0.1, 0.15) is 52.0 Å². The smallest absolute Gasteiger partial charge is 0.262 e. The van der Waals surface area contributed by atoms with Crippen molar-refractivity contribution in [3.63, 3.8) is 0 Å². The first-order valence-corrected chi connectivity index (χ1v) is 14.1. The van der Waals surface area contributed by atoms with Crippen LogP contribution in [0.15, 0.2) is 42.5 Å². The normalized spacial score (nSPS) is 23.3. The third-order valence-electron chi connectivity index (χ3n) is 8.55. The second-order valence-electron chi connectivity index (χ2n) is 11.1. The lowest BCUT2D eigenvalue weighted by Gasteiger charge is -2.36. The van der Waals surface area contributed by atoms with Crippen molar-refractivity contribution in [3.05, 3.63) is 59.2 Å². The number of hydrogen-bond acceptors (Lipinski definition) is 7. The van der Waals surface area contributed by atoms with Crippen LogP contribution in [0.25, 0.3) is 11.1 Å². The summed E-state index contributed by atoms with van der Waals surface area (Å²) in [5, 5.41) is 5.68. The molecule has 6 rings (SSSR count). The molecule has 4 aliphatic rings. The molecular weight excluding hydrogens is 494 g/mol. The Morgan fingerprint density at radius 1 is 0.795 bits per heavy atom. The van der Waals surface area contributed by atoms with Crippen LogP contribution in [0.4, 0.5) is 0 Å². The summed E-state index contributed by atoms with van der Waals surface area (Å²) in [5.41, 5.74) is 3.38. The van der Waals surface area contributed by atoms with Crippen LogP contribution >= 0.6 is 0 Å². The molecule has 2 N–H and O–H groups in total. The Bertz CT molecular complexity index is 1300. The molecule has 2 aromatic rings. The van der Waals surface area contributed by atoms with Gasteiger partial charge in [-0.25, -0.2) is 0 Å². The molecule has 0 bridgehead atoms. The van der Waals surface area contributed by atoms with Gasteiger partial charge in [0.15, 0.2) is 0 Å². The molecule has 0 aliphatic carbocycles.